The molecule has 0 aliphatic carbocycles. The van der Waals surface area contributed by atoms with Gasteiger partial charge >= 0.3 is 12.1 Å². The Morgan fingerprint density at radius 2 is 2.00 bits per heavy atom. The highest BCUT2D eigenvalue weighted by molar-refractivity contribution is 5.96. The van der Waals surface area contributed by atoms with E-state index in [-0.39, 0.29) is 0 Å². The lowest BCUT2D eigenvalue weighted by molar-refractivity contribution is -0.132. The number of fused-ring (bicyclic) bond motifs is 1. The number of carboxylic acid groups (broad SMARTS) is 1. The predicted molar refractivity (Wildman–Crippen MR) is 86.4 cm³/mol. The number of nitrogens with zero attached hydrogens (tertiary/aromatic N) is 3. The van der Waals surface area contributed by atoms with Gasteiger partial charge < -0.3 is 9.84 Å². The highest BCUT2D eigenvalue weighted by atomic mass is 16.6. The van der Waals surface area contributed by atoms with E-state index in [2.05, 4.69) is 5.10 Å². The number of ether oxygens (including phenoxy) is 1. The number of anilines is 1. The standard InChI is InChI=1S/C16H23N3O4/c1-10-12-9-11(14(20)21)7-6-8-19(13(12)18(5)17-10)15(22)23-16(2,3)4/h9H,6-8H2,1-5H3,(H,20,21)/b11-9+. The number of carbonyl (C=O) groups is 2. The molecule has 1 aromatic rings. The van der Waals surface area contributed by atoms with Gasteiger partial charge in [-0.3, -0.25) is 9.58 Å². The lowest BCUT2D eigenvalue weighted by Crippen LogP contribution is -2.39. The normalized spacial score (nSPS) is 17.6. The van der Waals surface area contributed by atoms with E-state index >= 15 is 0 Å². The second kappa shape index (κ2) is 6.06. The van der Waals surface area contributed by atoms with Crippen molar-refractivity contribution in [3.63, 3.8) is 0 Å². The summed E-state index contributed by atoms with van der Waals surface area (Å²) in [6, 6.07) is 0. The summed E-state index contributed by atoms with van der Waals surface area (Å²) in [7, 11) is 1.74. The van der Waals surface area contributed by atoms with E-state index in [0.717, 1.165) is 0 Å². The molecule has 0 bridgehead atoms. The van der Waals surface area contributed by atoms with Gasteiger partial charge in [0.2, 0.25) is 0 Å². The van der Waals surface area contributed by atoms with Crippen LogP contribution in [0.4, 0.5) is 10.6 Å². The molecule has 0 radical (unpaired) electrons. The molecule has 0 fully saturated rings. The quantitative estimate of drug-likeness (QED) is 0.859. The fourth-order valence-electron chi connectivity index (χ4n) is 2.59. The van der Waals surface area contributed by atoms with Crippen molar-refractivity contribution < 1.29 is 19.4 Å². The third-order valence-electron chi connectivity index (χ3n) is 3.53. The molecule has 7 nitrogen and oxygen atoms in total. The van der Waals surface area contributed by atoms with Crippen molar-refractivity contribution >= 4 is 24.0 Å². The molecule has 0 aromatic carbocycles. The molecule has 126 valence electrons. The van der Waals surface area contributed by atoms with Crippen molar-refractivity contribution in [1.29, 1.82) is 0 Å². The lowest BCUT2D eigenvalue weighted by atomic mass is 10.0. The predicted octanol–water partition coefficient (Wildman–Crippen LogP) is 2.73. The van der Waals surface area contributed by atoms with Crippen LogP contribution in [0.1, 0.15) is 44.9 Å². The second-order valence-corrected chi connectivity index (χ2v) is 6.66. The summed E-state index contributed by atoms with van der Waals surface area (Å²) in [5, 5.41) is 13.6. The Labute approximate surface area is 135 Å². The van der Waals surface area contributed by atoms with Gasteiger partial charge in [-0.2, -0.15) is 5.10 Å². The van der Waals surface area contributed by atoms with Crippen LogP contribution in [-0.2, 0) is 16.6 Å². The zero-order chi connectivity index (χ0) is 17.4. The first kappa shape index (κ1) is 17.1. The maximum absolute atomic E-state index is 12.5. The molecular weight excluding hydrogens is 298 g/mol. The molecule has 1 N–H and O–H groups in total. The summed E-state index contributed by atoms with van der Waals surface area (Å²) >= 11 is 0. The molecule has 2 rings (SSSR count). The number of aryl methyl sites for hydroxylation is 2. The van der Waals surface area contributed by atoms with Crippen molar-refractivity contribution in [3.05, 3.63) is 16.8 Å². The largest absolute Gasteiger partial charge is 0.478 e. The minimum atomic E-state index is -0.940. The van der Waals surface area contributed by atoms with E-state index in [4.69, 9.17) is 4.74 Å². The van der Waals surface area contributed by atoms with Crippen LogP contribution in [0.5, 0.6) is 0 Å². The van der Waals surface area contributed by atoms with E-state index in [0.29, 0.717) is 42.0 Å². The second-order valence-electron chi connectivity index (χ2n) is 6.66. The average Bonchev–Trinajstić information content (AvgIpc) is 2.60. The third kappa shape index (κ3) is 3.72. The van der Waals surface area contributed by atoms with Gasteiger partial charge in [0.15, 0.2) is 0 Å². The van der Waals surface area contributed by atoms with Gasteiger partial charge in [-0.15, -0.1) is 0 Å². The number of rotatable bonds is 1. The van der Waals surface area contributed by atoms with E-state index in [1.165, 1.54) is 4.90 Å². The number of amides is 1. The average molecular weight is 321 g/mol. The van der Waals surface area contributed by atoms with Gasteiger partial charge in [0, 0.05) is 24.7 Å². The van der Waals surface area contributed by atoms with Crippen molar-refractivity contribution in [3.8, 4) is 0 Å². The molecule has 0 unspecified atom stereocenters. The van der Waals surface area contributed by atoms with Gasteiger partial charge in [-0.1, -0.05) is 0 Å². The van der Waals surface area contributed by atoms with Crippen LogP contribution in [-0.4, -0.2) is 39.1 Å². The summed E-state index contributed by atoms with van der Waals surface area (Å²) in [6.45, 7) is 7.61. The Morgan fingerprint density at radius 1 is 1.35 bits per heavy atom. The maximum Gasteiger partial charge on any atom is 0.416 e. The van der Waals surface area contributed by atoms with E-state index in [1.807, 2.05) is 20.8 Å². The Balaban J connectivity index is 2.51. The SMILES string of the molecule is Cc1nn(C)c2c1/C=C(/C(=O)O)CCCN2C(=O)OC(C)(C)C. The Morgan fingerprint density at radius 3 is 2.57 bits per heavy atom. The van der Waals surface area contributed by atoms with Gasteiger partial charge in [0.05, 0.1) is 5.69 Å². The first-order valence-electron chi connectivity index (χ1n) is 7.58. The number of carboxylic acids is 1. The summed E-state index contributed by atoms with van der Waals surface area (Å²) in [4.78, 5) is 25.4. The highest BCUT2D eigenvalue weighted by Gasteiger charge is 2.30. The molecule has 0 atom stereocenters. The Bertz CT molecular complexity index is 668. The van der Waals surface area contributed by atoms with Gasteiger partial charge in [-0.25, -0.2) is 9.59 Å². The molecular formula is C16H23N3O4. The fraction of sp³-hybridized carbons (Fsp3) is 0.562. The van der Waals surface area contributed by atoms with E-state index < -0.39 is 17.7 Å². The van der Waals surface area contributed by atoms with Crippen LogP contribution in [0.25, 0.3) is 6.08 Å². The number of carbonyl (C=O) groups excluding carboxylic acids is 1. The zero-order valence-corrected chi connectivity index (χ0v) is 14.2. The summed E-state index contributed by atoms with van der Waals surface area (Å²) in [5.74, 6) is -0.375. The van der Waals surface area contributed by atoms with Crippen LogP contribution < -0.4 is 4.90 Å². The molecule has 0 spiro atoms. The molecule has 1 aromatic heterocycles. The molecule has 1 aliphatic heterocycles. The summed E-state index contributed by atoms with van der Waals surface area (Å²) in [6.07, 6.45) is 2.09. The van der Waals surface area contributed by atoms with Crippen molar-refractivity contribution in [2.24, 2.45) is 7.05 Å². The Hall–Kier alpha value is -2.31. The Kier molecular flexibility index (Phi) is 4.49. The molecule has 2 heterocycles. The zero-order valence-electron chi connectivity index (χ0n) is 14.2. The fourth-order valence-corrected chi connectivity index (χ4v) is 2.59. The van der Waals surface area contributed by atoms with Crippen molar-refractivity contribution in [2.45, 2.75) is 46.1 Å². The van der Waals surface area contributed by atoms with Crippen LogP contribution >= 0.6 is 0 Å². The van der Waals surface area contributed by atoms with Gasteiger partial charge in [0.25, 0.3) is 0 Å². The highest BCUT2D eigenvalue weighted by Crippen LogP contribution is 2.30. The van der Waals surface area contributed by atoms with Crippen molar-refractivity contribution in [1.82, 2.24) is 9.78 Å². The monoisotopic (exact) mass is 321 g/mol. The molecule has 7 heteroatoms. The van der Waals surface area contributed by atoms with Crippen molar-refractivity contribution in [2.75, 3.05) is 11.4 Å². The summed E-state index contributed by atoms with van der Waals surface area (Å²) < 4.78 is 7.07. The van der Waals surface area contributed by atoms with Crippen LogP contribution in [0.2, 0.25) is 0 Å². The topological polar surface area (TPSA) is 84.7 Å². The minimum absolute atomic E-state index is 0.325. The number of aliphatic carboxylic acids is 1. The van der Waals surface area contributed by atoms with Crippen LogP contribution in [0, 0.1) is 6.92 Å². The first-order chi connectivity index (χ1) is 10.6. The number of hydrogen-bond donors (Lipinski definition) is 1. The summed E-state index contributed by atoms with van der Waals surface area (Å²) in [5.41, 5.74) is 1.05. The maximum atomic E-state index is 12.5. The smallest absolute Gasteiger partial charge is 0.416 e. The molecule has 0 saturated heterocycles. The number of aromatic nitrogens is 2. The molecule has 1 amide bonds. The molecule has 1 aliphatic rings. The van der Waals surface area contributed by atoms with Crippen LogP contribution in [0.15, 0.2) is 5.57 Å². The van der Waals surface area contributed by atoms with Crippen LogP contribution in [0.3, 0.4) is 0 Å². The molecule has 0 saturated carbocycles. The number of hydrogen-bond acceptors (Lipinski definition) is 4. The van der Waals surface area contributed by atoms with E-state index in [9.17, 15) is 14.7 Å². The lowest BCUT2D eigenvalue weighted by Gasteiger charge is -2.28. The van der Waals surface area contributed by atoms with E-state index in [1.54, 1.807) is 24.7 Å². The first-order valence-corrected chi connectivity index (χ1v) is 7.58. The minimum Gasteiger partial charge on any atom is -0.478 e. The van der Waals surface area contributed by atoms with Gasteiger partial charge in [0.1, 0.15) is 11.4 Å². The molecule has 23 heavy (non-hydrogen) atoms. The van der Waals surface area contributed by atoms with Gasteiger partial charge in [-0.05, 0) is 46.6 Å². The third-order valence-corrected chi connectivity index (χ3v) is 3.53.